The molecule has 0 aliphatic heterocycles. The Morgan fingerprint density at radius 3 is 2.74 bits per heavy atom. The molecule has 2 rings (SSSR count). The summed E-state index contributed by atoms with van der Waals surface area (Å²) in [6, 6.07) is 6.32. The molecular weight excluding hydrogens is 356 g/mol. The van der Waals surface area contributed by atoms with E-state index in [4.69, 9.17) is 0 Å². The Bertz CT molecular complexity index is 675. The molecule has 1 aromatic heterocycles. The zero-order valence-corrected chi connectivity index (χ0v) is 14.7. The number of rotatable bonds is 8. The summed E-state index contributed by atoms with van der Waals surface area (Å²) in [6.45, 7) is 2.03. The van der Waals surface area contributed by atoms with Crippen LogP contribution >= 0.6 is 34.9 Å². The fourth-order valence-electron chi connectivity index (χ4n) is 1.57. The van der Waals surface area contributed by atoms with E-state index in [1.165, 1.54) is 35.2 Å². The van der Waals surface area contributed by atoms with Crippen LogP contribution in [-0.4, -0.2) is 32.5 Å². The number of hydrogen-bond acceptors (Lipinski definition) is 8. The van der Waals surface area contributed by atoms with Crippen LogP contribution in [0.3, 0.4) is 0 Å². The second kappa shape index (κ2) is 8.85. The van der Waals surface area contributed by atoms with Crippen LogP contribution in [-0.2, 0) is 10.5 Å². The first-order chi connectivity index (χ1) is 11.1. The molecule has 1 N–H and O–H groups in total. The van der Waals surface area contributed by atoms with E-state index in [0.717, 1.165) is 15.7 Å². The molecule has 0 saturated carbocycles. The van der Waals surface area contributed by atoms with Gasteiger partial charge in [0.2, 0.25) is 11.0 Å². The minimum absolute atomic E-state index is 0.0634. The molecule has 0 aliphatic carbocycles. The zero-order valence-electron chi connectivity index (χ0n) is 12.2. The highest BCUT2D eigenvalue weighted by molar-refractivity contribution is 8.01. The number of carbonyl (C=O) groups excluding carboxylic acids is 1. The van der Waals surface area contributed by atoms with Gasteiger partial charge in [-0.25, -0.2) is 0 Å². The number of aromatic nitrogens is 2. The van der Waals surface area contributed by atoms with Crippen LogP contribution in [0.1, 0.15) is 12.5 Å². The van der Waals surface area contributed by atoms with Crippen molar-refractivity contribution in [2.45, 2.75) is 17.0 Å². The Hall–Kier alpha value is -1.65. The molecule has 7 nitrogen and oxygen atoms in total. The SMILES string of the molecule is CCSc1nnc(NC(=O)CSCc2ccc([N+](=O)[O-])cc2)s1. The van der Waals surface area contributed by atoms with Crippen molar-refractivity contribution in [2.24, 2.45) is 0 Å². The number of benzene rings is 1. The first-order valence-corrected chi connectivity index (χ1v) is 9.61. The molecule has 1 heterocycles. The van der Waals surface area contributed by atoms with Gasteiger partial charge in [-0.2, -0.15) is 0 Å². The number of nitro benzene ring substituents is 1. The molecule has 122 valence electrons. The Balaban J connectivity index is 1.74. The number of amides is 1. The first kappa shape index (κ1) is 17.7. The van der Waals surface area contributed by atoms with Gasteiger partial charge in [0, 0.05) is 17.9 Å². The highest BCUT2D eigenvalue weighted by atomic mass is 32.2. The van der Waals surface area contributed by atoms with Gasteiger partial charge in [0.15, 0.2) is 4.34 Å². The molecule has 1 amide bonds. The standard InChI is InChI=1S/C13H14N4O3S3/c1-2-22-13-16-15-12(23-13)14-11(18)8-21-7-9-3-5-10(6-4-9)17(19)20/h3-6H,2,7-8H2,1H3,(H,14,15,18). The first-order valence-electron chi connectivity index (χ1n) is 6.65. The Morgan fingerprint density at radius 1 is 1.35 bits per heavy atom. The molecule has 10 heteroatoms. The van der Waals surface area contributed by atoms with Gasteiger partial charge in [0.1, 0.15) is 0 Å². The molecule has 0 spiro atoms. The summed E-state index contributed by atoms with van der Waals surface area (Å²) < 4.78 is 0.835. The quantitative estimate of drug-likeness (QED) is 0.329. The average Bonchev–Trinajstić information content (AvgIpc) is 2.95. The number of nitrogens with one attached hydrogen (secondary N) is 1. The Kier molecular flexibility index (Phi) is 6.81. The zero-order chi connectivity index (χ0) is 16.7. The molecule has 23 heavy (non-hydrogen) atoms. The smallest absolute Gasteiger partial charge is 0.269 e. The second-order valence-electron chi connectivity index (χ2n) is 4.27. The number of hydrogen-bond donors (Lipinski definition) is 1. The van der Waals surface area contributed by atoms with E-state index in [1.807, 2.05) is 6.92 Å². The maximum atomic E-state index is 11.8. The molecule has 0 atom stereocenters. The third kappa shape index (κ3) is 5.81. The van der Waals surface area contributed by atoms with Crippen LogP contribution in [0, 0.1) is 10.1 Å². The number of carbonyl (C=O) groups is 1. The van der Waals surface area contributed by atoms with Crippen molar-refractivity contribution < 1.29 is 9.72 Å². The highest BCUT2D eigenvalue weighted by Gasteiger charge is 2.09. The fourth-order valence-corrected chi connectivity index (χ4v) is 4.03. The molecular formula is C13H14N4O3S3. The van der Waals surface area contributed by atoms with Crippen LogP contribution in [0.15, 0.2) is 28.6 Å². The molecule has 0 fully saturated rings. The van der Waals surface area contributed by atoms with Crippen molar-refractivity contribution in [3.63, 3.8) is 0 Å². The lowest BCUT2D eigenvalue weighted by atomic mass is 10.2. The predicted octanol–water partition coefficient (Wildman–Crippen LogP) is 3.43. The number of anilines is 1. The Labute approximate surface area is 145 Å². The van der Waals surface area contributed by atoms with Crippen LogP contribution in [0.2, 0.25) is 0 Å². The molecule has 0 aliphatic rings. The summed E-state index contributed by atoms with van der Waals surface area (Å²) >= 11 is 4.37. The van der Waals surface area contributed by atoms with Crippen molar-refractivity contribution in [1.29, 1.82) is 0 Å². The number of thioether (sulfide) groups is 2. The van der Waals surface area contributed by atoms with Crippen molar-refractivity contribution in [3.05, 3.63) is 39.9 Å². The van der Waals surface area contributed by atoms with Gasteiger partial charge in [-0.3, -0.25) is 20.2 Å². The number of nitro groups is 1. The summed E-state index contributed by atoms with van der Waals surface area (Å²) in [7, 11) is 0. The van der Waals surface area contributed by atoms with E-state index in [9.17, 15) is 14.9 Å². The summed E-state index contributed by atoms with van der Waals surface area (Å²) in [4.78, 5) is 22.0. The average molecular weight is 370 g/mol. The maximum absolute atomic E-state index is 11.8. The van der Waals surface area contributed by atoms with Gasteiger partial charge in [0.25, 0.3) is 5.69 Å². The number of nitrogens with zero attached hydrogens (tertiary/aromatic N) is 3. The Morgan fingerprint density at radius 2 is 2.09 bits per heavy atom. The van der Waals surface area contributed by atoms with Crippen LogP contribution in [0.25, 0.3) is 0 Å². The summed E-state index contributed by atoms with van der Waals surface area (Å²) in [5.74, 6) is 1.67. The van der Waals surface area contributed by atoms with E-state index < -0.39 is 4.92 Å². The van der Waals surface area contributed by atoms with Crippen LogP contribution < -0.4 is 5.32 Å². The molecule has 2 aromatic rings. The van der Waals surface area contributed by atoms with E-state index in [1.54, 1.807) is 23.9 Å². The largest absolute Gasteiger partial charge is 0.300 e. The van der Waals surface area contributed by atoms with Crippen molar-refractivity contribution in [1.82, 2.24) is 10.2 Å². The molecule has 0 radical (unpaired) electrons. The summed E-state index contributed by atoms with van der Waals surface area (Å²) in [5, 5.41) is 21.7. The van der Waals surface area contributed by atoms with Gasteiger partial charge in [0.05, 0.1) is 10.7 Å². The van der Waals surface area contributed by atoms with E-state index >= 15 is 0 Å². The minimum atomic E-state index is -0.433. The minimum Gasteiger partial charge on any atom is -0.300 e. The highest BCUT2D eigenvalue weighted by Crippen LogP contribution is 2.25. The lowest BCUT2D eigenvalue weighted by Gasteiger charge is -2.02. The molecule has 0 unspecified atom stereocenters. The van der Waals surface area contributed by atoms with E-state index in [0.29, 0.717) is 10.9 Å². The third-order valence-corrected chi connectivity index (χ3v) is 5.43. The van der Waals surface area contributed by atoms with Crippen molar-refractivity contribution >= 4 is 51.6 Å². The maximum Gasteiger partial charge on any atom is 0.269 e. The monoisotopic (exact) mass is 370 g/mol. The second-order valence-corrected chi connectivity index (χ2v) is 7.74. The molecule has 0 bridgehead atoms. The van der Waals surface area contributed by atoms with Gasteiger partial charge in [-0.15, -0.1) is 22.0 Å². The van der Waals surface area contributed by atoms with Crippen molar-refractivity contribution in [2.75, 3.05) is 16.8 Å². The van der Waals surface area contributed by atoms with Gasteiger partial charge in [-0.1, -0.05) is 42.2 Å². The fraction of sp³-hybridized carbons (Fsp3) is 0.308. The molecule has 1 aromatic carbocycles. The summed E-state index contributed by atoms with van der Waals surface area (Å²) in [6.07, 6.45) is 0. The van der Waals surface area contributed by atoms with Gasteiger partial charge >= 0.3 is 0 Å². The molecule has 0 saturated heterocycles. The lowest BCUT2D eigenvalue weighted by molar-refractivity contribution is -0.384. The summed E-state index contributed by atoms with van der Waals surface area (Å²) in [5.41, 5.74) is 1.000. The van der Waals surface area contributed by atoms with Crippen molar-refractivity contribution in [3.8, 4) is 0 Å². The van der Waals surface area contributed by atoms with Crippen LogP contribution in [0.5, 0.6) is 0 Å². The third-order valence-electron chi connectivity index (χ3n) is 2.57. The van der Waals surface area contributed by atoms with Gasteiger partial charge < -0.3 is 0 Å². The normalized spacial score (nSPS) is 10.5. The predicted molar refractivity (Wildman–Crippen MR) is 94.2 cm³/mol. The van der Waals surface area contributed by atoms with E-state index in [-0.39, 0.29) is 17.3 Å². The van der Waals surface area contributed by atoms with Crippen LogP contribution in [0.4, 0.5) is 10.8 Å². The number of non-ortho nitro benzene ring substituents is 1. The lowest BCUT2D eigenvalue weighted by Crippen LogP contribution is -2.13. The van der Waals surface area contributed by atoms with E-state index in [2.05, 4.69) is 15.5 Å². The topological polar surface area (TPSA) is 98.0 Å². The van der Waals surface area contributed by atoms with Gasteiger partial charge in [-0.05, 0) is 11.3 Å².